The van der Waals surface area contributed by atoms with Crippen molar-refractivity contribution in [3.63, 3.8) is 0 Å². The maximum atomic E-state index is 12.2. The molecule has 0 aromatic heterocycles. The zero-order valence-corrected chi connectivity index (χ0v) is 9.71. The molecule has 0 atom stereocenters. The third-order valence-electron chi connectivity index (χ3n) is 2.90. The van der Waals surface area contributed by atoms with Gasteiger partial charge in [0.1, 0.15) is 0 Å². The number of carbonyl (C=O) groups excluding carboxylic acids is 1. The lowest BCUT2D eigenvalue weighted by atomic mass is 9.84. The van der Waals surface area contributed by atoms with E-state index >= 15 is 0 Å². The lowest BCUT2D eigenvalue weighted by Crippen LogP contribution is -2.21. The van der Waals surface area contributed by atoms with Gasteiger partial charge in [-0.1, -0.05) is 45.0 Å². The van der Waals surface area contributed by atoms with Crippen molar-refractivity contribution < 1.29 is 4.79 Å². The number of hydrogen-bond acceptors (Lipinski definition) is 1. The highest BCUT2D eigenvalue weighted by atomic mass is 16.1. The number of ketones is 1. The van der Waals surface area contributed by atoms with Gasteiger partial charge in [0.15, 0.2) is 5.78 Å². The van der Waals surface area contributed by atoms with E-state index < -0.39 is 0 Å². The number of hydrogen-bond donors (Lipinski definition) is 0. The maximum absolute atomic E-state index is 12.2. The molecule has 1 nitrogen and oxygen atoms in total. The van der Waals surface area contributed by atoms with Crippen LogP contribution in [0.5, 0.6) is 0 Å². The summed E-state index contributed by atoms with van der Waals surface area (Å²) in [6, 6.07) is 8.08. The summed E-state index contributed by atoms with van der Waals surface area (Å²) in [7, 11) is 0. The van der Waals surface area contributed by atoms with Gasteiger partial charge in [0.25, 0.3) is 0 Å². The topological polar surface area (TPSA) is 17.1 Å². The zero-order chi connectivity index (χ0) is 11.1. The summed E-state index contributed by atoms with van der Waals surface area (Å²) in [6.45, 7) is 5.96. The number of Topliss-reactive ketones (excluding diaryl/α,β-unsaturated/α-hetero) is 1. The first kappa shape index (κ1) is 10.4. The highest BCUT2D eigenvalue weighted by molar-refractivity contribution is 6.01. The molecule has 0 N–H and O–H groups in total. The SMILES string of the molecule is CC(C)(C)C(=O)c1ccccc1C1CC1. The molecule has 80 valence electrons. The van der Waals surface area contributed by atoms with Crippen LogP contribution in [0.1, 0.15) is 55.5 Å². The predicted octanol–water partition coefficient (Wildman–Crippen LogP) is 3.79. The van der Waals surface area contributed by atoms with Gasteiger partial charge in [-0.3, -0.25) is 4.79 Å². The van der Waals surface area contributed by atoms with E-state index in [9.17, 15) is 4.79 Å². The van der Waals surface area contributed by atoms with Crippen LogP contribution in [0.25, 0.3) is 0 Å². The van der Waals surface area contributed by atoms with Gasteiger partial charge in [-0.05, 0) is 24.3 Å². The summed E-state index contributed by atoms with van der Waals surface area (Å²) in [4.78, 5) is 12.2. The number of carbonyl (C=O) groups is 1. The highest BCUT2D eigenvalue weighted by Crippen LogP contribution is 2.42. The fourth-order valence-electron chi connectivity index (χ4n) is 1.86. The van der Waals surface area contributed by atoms with Gasteiger partial charge in [-0.15, -0.1) is 0 Å². The molecule has 1 heteroatoms. The second-order valence-electron chi connectivity index (χ2n) is 5.44. The number of benzene rings is 1. The zero-order valence-electron chi connectivity index (χ0n) is 9.71. The van der Waals surface area contributed by atoms with E-state index in [-0.39, 0.29) is 11.2 Å². The molecule has 1 aromatic rings. The molecule has 0 bridgehead atoms. The van der Waals surface area contributed by atoms with Crippen molar-refractivity contribution in [2.45, 2.75) is 39.5 Å². The van der Waals surface area contributed by atoms with E-state index in [1.165, 1.54) is 18.4 Å². The average Bonchev–Trinajstić information content (AvgIpc) is 2.98. The lowest BCUT2D eigenvalue weighted by Gasteiger charge is -2.18. The summed E-state index contributed by atoms with van der Waals surface area (Å²) in [5, 5.41) is 0. The predicted molar refractivity (Wildman–Crippen MR) is 62.2 cm³/mol. The molecule has 0 amide bonds. The Kier molecular flexibility index (Phi) is 2.41. The Bertz CT molecular complexity index is 381. The summed E-state index contributed by atoms with van der Waals surface area (Å²) < 4.78 is 0. The second-order valence-corrected chi connectivity index (χ2v) is 5.44. The summed E-state index contributed by atoms with van der Waals surface area (Å²) in [6.07, 6.45) is 2.49. The van der Waals surface area contributed by atoms with Crippen LogP contribution in [-0.4, -0.2) is 5.78 Å². The monoisotopic (exact) mass is 202 g/mol. The molecule has 0 unspecified atom stereocenters. The van der Waals surface area contributed by atoms with E-state index in [0.29, 0.717) is 5.92 Å². The molecule has 1 aliphatic carbocycles. The van der Waals surface area contributed by atoms with Crippen LogP contribution >= 0.6 is 0 Å². The second kappa shape index (κ2) is 3.48. The molecule has 1 saturated carbocycles. The molecular formula is C14H18O. The minimum absolute atomic E-state index is 0.269. The van der Waals surface area contributed by atoms with Gasteiger partial charge in [0.2, 0.25) is 0 Å². The maximum Gasteiger partial charge on any atom is 0.168 e. The fraction of sp³-hybridized carbons (Fsp3) is 0.500. The largest absolute Gasteiger partial charge is 0.294 e. The van der Waals surface area contributed by atoms with Crippen LogP contribution in [0.15, 0.2) is 24.3 Å². The smallest absolute Gasteiger partial charge is 0.168 e. The number of rotatable bonds is 2. The lowest BCUT2D eigenvalue weighted by molar-refractivity contribution is 0.0857. The third kappa shape index (κ3) is 2.11. The van der Waals surface area contributed by atoms with Crippen molar-refractivity contribution in [3.8, 4) is 0 Å². The molecule has 0 saturated heterocycles. The molecule has 0 aliphatic heterocycles. The quantitative estimate of drug-likeness (QED) is 0.667. The van der Waals surface area contributed by atoms with Crippen LogP contribution in [-0.2, 0) is 0 Å². The van der Waals surface area contributed by atoms with E-state index in [4.69, 9.17) is 0 Å². The molecule has 1 aliphatic rings. The first-order valence-corrected chi connectivity index (χ1v) is 5.64. The molecule has 15 heavy (non-hydrogen) atoms. The summed E-state index contributed by atoms with van der Waals surface area (Å²) in [5.74, 6) is 0.914. The van der Waals surface area contributed by atoms with Gasteiger partial charge in [-0.2, -0.15) is 0 Å². The summed E-state index contributed by atoms with van der Waals surface area (Å²) in [5.41, 5.74) is 1.93. The Morgan fingerprint density at radius 3 is 2.33 bits per heavy atom. The highest BCUT2D eigenvalue weighted by Gasteiger charge is 2.31. The minimum atomic E-state index is -0.273. The molecule has 1 fully saturated rings. The van der Waals surface area contributed by atoms with E-state index in [1.54, 1.807) is 0 Å². The van der Waals surface area contributed by atoms with Crippen LogP contribution in [0, 0.1) is 5.41 Å². The van der Waals surface area contributed by atoms with Crippen LogP contribution < -0.4 is 0 Å². The van der Waals surface area contributed by atoms with Crippen molar-refractivity contribution in [3.05, 3.63) is 35.4 Å². The van der Waals surface area contributed by atoms with Crippen LogP contribution in [0.4, 0.5) is 0 Å². The van der Waals surface area contributed by atoms with E-state index in [0.717, 1.165) is 5.56 Å². The van der Waals surface area contributed by atoms with Crippen LogP contribution in [0.2, 0.25) is 0 Å². The Balaban J connectivity index is 2.39. The van der Waals surface area contributed by atoms with E-state index in [1.807, 2.05) is 39.0 Å². The van der Waals surface area contributed by atoms with Gasteiger partial charge < -0.3 is 0 Å². The Morgan fingerprint density at radius 2 is 1.80 bits per heavy atom. The standard InChI is InChI=1S/C14H18O/c1-14(2,3)13(15)12-7-5-4-6-11(12)10-8-9-10/h4-7,10H,8-9H2,1-3H3. The molecule has 1 aromatic carbocycles. The molecule has 2 rings (SSSR count). The van der Waals surface area contributed by atoms with E-state index in [2.05, 4.69) is 6.07 Å². The first-order chi connectivity index (χ1) is 7.00. The molecule has 0 radical (unpaired) electrons. The minimum Gasteiger partial charge on any atom is -0.294 e. The van der Waals surface area contributed by atoms with Crippen molar-refractivity contribution in [2.24, 2.45) is 5.41 Å². The average molecular weight is 202 g/mol. The third-order valence-corrected chi connectivity index (χ3v) is 2.90. The van der Waals surface area contributed by atoms with Crippen molar-refractivity contribution >= 4 is 5.78 Å². The summed E-state index contributed by atoms with van der Waals surface area (Å²) >= 11 is 0. The van der Waals surface area contributed by atoms with Gasteiger partial charge >= 0.3 is 0 Å². The van der Waals surface area contributed by atoms with Crippen LogP contribution in [0.3, 0.4) is 0 Å². The Hall–Kier alpha value is -1.11. The molecule has 0 spiro atoms. The van der Waals surface area contributed by atoms with Crippen molar-refractivity contribution in [2.75, 3.05) is 0 Å². The molecular weight excluding hydrogens is 184 g/mol. The van der Waals surface area contributed by atoms with Crippen molar-refractivity contribution in [1.29, 1.82) is 0 Å². The fourth-order valence-corrected chi connectivity index (χ4v) is 1.86. The van der Waals surface area contributed by atoms with Gasteiger partial charge in [-0.25, -0.2) is 0 Å². The first-order valence-electron chi connectivity index (χ1n) is 5.64. The normalized spacial score (nSPS) is 16.5. The Labute approximate surface area is 91.5 Å². The van der Waals surface area contributed by atoms with Crippen molar-refractivity contribution in [1.82, 2.24) is 0 Å². The van der Waals surface area contributed by atoms with Gasteiger partial charge in [0, 0.05) is 11.0 Å². The Morgan fingerprint density at radius 1 is 1.20 bits per heavy atom. The molecule has 0 heterocycles. The van der Waals surface area contributed by atoms with Gasteiger partial charge in [0.05, 0.1) is 0 Å².